The van der Waals surface area contributed by atoms with Gasteiger partial charge in [0.2, 0.25) is 11.8 Å². The van der Waals surface area contributed by atoms with Crippen LogP contribution in [0.3, 0.4) is 0 Å². The smallest absolute Gasteiger partial charge is 0.407 e. The molecular formula is C28H41N5O5. The number of carbonyl (C=O) groups is 4. The molecular weight excluding hydrogens is 486 g/mol. The van der Waals surface area contributed by atoms with Crippen LogP contribution in [0.15, 0.2) is 24.3 Å². The lowest BCUT2D eigenvalue weighted by molar-refractivity contribution is -0.144. The van der Waals surface area contributed by atoms with Crippen LogP contribution in [0, 0.1) is 5.92 Å². The highest BCUT2D eigenvalue weighted by Crippen LogP contribution is 2.32. The minimum Gasteiger partial charge on any atom is -0.436 e. The van der Waals surface area contributed by atoms with E-state index < -0.39 is 30.2 Å². The molecule has 4 amide bonds. The number of benzene rings is 1. The van der Waals surface area contributed by atoms with Gasteiger partial charge in [-0.25, -0.2) is 4.79 Å². The highest BCUT2D eigenvalue weighted by Gasteiger charge is 2.44. The van der Waals surface area contributed by atoms with E-state index in [0.29, 0.717) is 6.42 Å². The molecule has 1 aromatic carbocycles. The lowest BCUT2D eigenvalue weighted by Gasteiger charge is -2.35. The number of rotatable bonds is 7. The second-order valence-corrected chi connectivity index (χ2v) is 10.8. The summed E-state index contributed by atoms with van der Waals surface area (Å²) in [6.45, 7) is 1.72. The second-order valence-electron chi connectivity index (χ2n) is 10.8. The molecule has 0 bridgehead atoms. The molecule has 1 aliphatic heterocycles. The molecule has 1 saturated carbocycles. The standard InChI is InChI=1S/C28H41N5O5/c1-17(38-28(37)30-2)25(34)32-24(19-10-4-3-5-11-19)27(36)33-16-20(29)15-23(33)26(35)31-22-14-8-12-18-9-6-7-13-21(18)22/h6-7,9,13,17,19-20,22-24H,3-5,8,10-12,14-16,29H2,1-2H3,(H,30,37)(H,31,35)(H,32,34)/t17-,20-,22+,23-,24-/m0/s1. The van der Waals surface area contributed by atoms with E-state index in [2.05, 4.69) is 28.1 Å². The Morgan fingerprint density at radius 2 is 1.79 bits per heavy atom. The first kappa shape index (κ1) is 27.9. The van der Waals surface area contributed by atoms with Crippen LogP contribution in [0.2, 0.25) is 0 Å². The second kappa shape index (κ2) is 12.6. The van der Waals surface area contributed by atoms with Gasteiger partial charge in [-0.2, -0.15) is 0 Å². The topological polar surface area (TPSA) is 143 Å². The van der Waals surface area contributed by atoms with Crippen LogP contribution in [0.1, 0.15) is 75.5 Å². The maximum atomic E-state index is 14.0. The summed E-state index contributed by atoms with van der Waals surface area (Å²) in [6, 6.07) is 6.21. The Morgan fingerprint density at radius 3 is 2.53 bits per heavy atom. The predicted molar refractivity (Wildman–Crippen MR) is 142 cm³/mol. The van der Waals surface area contributed by atoms with E-state index >= 15 is 0 Å². The monoisotopic (exact) mass is 527 g/mol. The largest absolute Gasteiger partial charge is 0.436 e. The zero-order valence-electron chi connectivity index (χ0n) is 22.4. The molecule has 5 atom stereocenters. The van der Waals surface area contributed by atoms with Crippen molar-refractivity contribution in [2.75, 3.05) is 13.6 Å². The molecule has 5 N–H and O–H groups in total. The lowest BCUT2D eigenvalue weighted by Crippen LogP contribution is -2.57. The molecule has 0 spiro atoms. The number of hydrogen-bond donors (Lipinski definition) is 4. The van der Waals surface area contributed by atoms with Gasteiger partial charge in [-0.1, -0.05) is 43.5 Å². The molecule has 1 heterocycles. The maximum Gasteiger partial charge on any atom is 0.407 e. The number of fused-ring (bicyclic) bond motifs is 1. The third-order valence-corrected chi connectivity index (χ3v) is 8.15. The maximum absolute atomic E-state index is 14.0. The normalized spacial score (nSPS) is 25.0. The number of carbonyl (C=O) groups excluding carboxylic acids is 4. The molecule has 1 saturated heterocycles. The SMILES string of the molecule is CNC(=O)O[C@@H](C)C(=O)N[C@H](C(=O)N1C[C@@H](N)C[C@H]1C(=O)N[C@@H]1CCCc2ccccc21)C1CCCCC1. The van der Waals surface area contributed by atoms with Crippen molar-refractivity contribution in [3.63, 3.8) is 0 Å². The third-order valence-electron chi connectivity index (χ3n) is 8.15. The van der Waals surface area contributed by atoms with Crippen LogP contribution >= 0.6 is 0 Å². The minimum atomic E-state index is -1.07. The summed E-state index contributed by atoms with van der Waals surface area (Å²) < 4.78 is 5.07. The van der Waals surface area contributed by atoms with Crippen LogP contribution in [0.25, 0.3) is 0 Å². The van der Waals surface area contributed by atoms with Gasteiger partial charge in [0.15, 0.2) is 6.10 Å². The summed E-state index contributed by atoms with van der Waals surface area (Å²) in [4.78, 5) is 53.6. The predicted octanol–water partition coefficient (Wildman–Crippen LogP) is 1.92. The average Bonchev–Trinajstić information content (AvgIpc) is 3.33. The van der Waals surface area contributed by atoms with Crippen molar-refractivity contribution >= 4 is 23.8 Å². The number of alkyl carbamates (subject to hydrolysis) is 1. The van der Waals surface area contributed by atoms with Gasteiger partial charge in [0.25, 0.3) is 5.91 Å². The zero-order valence-corrected chi connectivity index (χ0v) is 22.4. The first-order valence-corrected chi connectivity index (χ1v) is 13.9. The van der Waals surface area contributed by atoms with Gasteiger partial charge < -0.3 is 31.3 Å². The Morgan fingerprint density at radius 1 is 1.05 bits per heavy atom. The van der Waals surface area contributed by atoms with Gasteiger partial charge in [-0.05, 0) is 62.5 Å². The number of aryl methyl sites for hydroxylation is 1. The van der Waals surface area contributed by atoms with Crippen LogP contribution in [0.4, 0.5) is 4.79 Å². The first-order chi connectivity index (χ1) is 18.3. The van der Waals surface area contributed by atoms with Crippen LogP contribution < -0.4 is 21.7 Å². The molecule has 0 unspecified atom stereocenters. The molecule has 10 heteroatoms. The lowest BCUT2D eigenvalue weighted by atomic mass is 9.83. The number of amides is 4. The molecule has 0 aromatic heterocycles. The van der Waals surface area contributed by atoms with E-state index in [1.54, 1.807) is 4.90 Å². The van der Waals surface area contributed by atoms with E-state index in [4.69, 9.17) is 10.5 Å². The van der Waals surface area contributed by atoms with Gasteiger partial charge in [-0.3, -0.25) is 14.4 Å². The fourth-order valence-corrected chi connectivity index (χ4v) is 6.10. The number of hydrogen-bond acceptors (Lipinski definition) is 6. The van der Waals surface area contributed by atoms with Gasteiger partial charge in [0, 0.05) is 19.6 Å². The summed E-state index contributed by atoms with van der Waals surface area (Å²) in [5, 5.41) is 8.36. The van der Waals surface area contributed by atoms with Gasteiger partial charge >= 0.3 is 6.09 Å². The third kappa shape index (κ3) is 6.46. The van der Waals surface area contributed by atoms with Gasteiger partial charge in [-0.15, -0.1) is 0 Å². The highest BCUT2D eigenvalue weighted by molar-refractivity contribution is 5.94. The molecule has 208 valence electrons. The molecule has 2 aliphatic carbocycles. The molecule has 4 rings (SSSR count). The highest BCUT2D eigenvalue weighted by atomic mass is 16.6. The van der Waals surface area contributed by atoms with Crippen molar-refractivity contribution in [3.8, 4) is 0 Å². The Hall–Kier alpha value is -3.14. The van der Waals surface area contributed by atoms with Crippen molar-refractivity contribution < 1.29 is 23.9 Å². The Labute approximate surface area is 224 Å². The number of nitrogens with zero attached hydrogens (tertiary/aromatic N) is 1. The molecule has 10 nitrogen and oxygen atoms in total. The van der Waals surface area contributed by atoms with E-state index in [-0.39, 0.29) is 36.4 Å². The molecule has 3 aliphatic rings. The van der Waals surface area contributed by atoms with Crippen LogP contribution in [-0.2, 0) is 25.5 Å². The summed E-state index contributed by atoms with van der Waals surface area (Å²) in [7, 11) is 1.41. The fourth-order valence-electron chi connectivity index (χ4n) is 6.10. The van der Waals surface area contributed by atoms with Gasteiger partial charge in [0.1, 0.15) is 12.1 Å². The van der Waals surface area contributed by atoms with Gasteiger partial charge in [0.05, 0.1) is 6.04 Å². The molecule has 2 fully saturated rings. The zero-order chi connectivity index (χ0) is 27.2. The van der Waals surface area contributed by atoms with Crippen molar-refractivity contribution in [2.24, 2.45) is 11.7 Å². The molecule has 38 heavy (non-hydrogen) atoms. The van der Waals surface area contributed by atoms with Crippen molar-refractivity contribution in [1.29, 1.82) is 0 Å². The van der Waals surface area contributed by atoms with Crippen molar-refractivity contribution in [2.45, 2.75) is 95.0 Å². The quantitative estimate of drug-likeness (QED) is 0.427. The van der Waals surface area contributed by atoms with E-state index in [1.807, 2.05) is 12.1 Å². The Balaban J connectivity index is 1.50. The van der Waals surface area contributed by atoms with Crippen molar-refractivity contribution in [1.82, 2.24) is 20.9 Å². The van der Waals surface area contributed by atoms with Crippen LogP contribution in [0.5, 0.6) is 0 Å². The van der Waals surface area contributed by atoms with E-state index in [0.717, 1.165) is 56.9 Å². The Bertz CT molecular complexity index is 1030. The number of nitrogens with two attached hydrogens (primary N) is 1. The minimum absolute atomic E-state index is 0.0573. The number of ether oxygens (including phenoxy) is 1. The molecule has 1 aromatic rings. The average molecular weight is 528 g/mol. The molecule has 0 radical (unpaired) electrons. The summed E-state index contributed by atoms with van der Waals surface area (Å²) >= 11 is 0. The summed E-state index contributed by atoms with van der Waals surface area (Å²) in [5.41, 5.74) is 8.65. The van der Waals surface area contributed by atoms with Crippen molar-refractivity contribution in [3.05, 3.63) is 35.4 Å². The van der Waals surface area contributed by atoms with E-state index in [9.17, 15) is 19.2 Å². The number of nitrogens with one attached hydrogen (secondary N) is 3. The summed E-state index contributed by atoms with van der Waals surface area (Å²) in [5.74, 6) is -1.11. The van der Waals surface area contributed by atoms with Crippen LogP contribution in [-0.4, -0.2) is 66.5 Å². The number of likely N-dealkylation sites (tertiary alicyclic amines) is 1. The van der Waals surface area contributed by atoms with E-state index in [1.165, 1.54) is 19.5 Å². The fraction of sp³-hybridized carbons (Fsp3) is 0.643. The summed E-state index contributed by atoms with van der Waals surface area (Å²) in [6.07, 6.45) is 6.04. The first-order valence-electron chi connectivity index (χ1n) is 13.9. The Kier molecular flexibility index (Phi) is 9.25.